The van der Waals surface area contributed by atoms with Crippen molar-refractivity contribution in [1.29, 1.82) is 0 Å². The molecule has 0 aliphatic carbocycles. The number of benzene rings is 4. The predicted octanol–water partition coefficient (Wildman–Crippen LogP) is -0.672. The van der Waals surface area contributed by atoms with Gasteiger partial charge in [-0.15, -0.1) is 0 Å². The van der Waals surface area contributed by atoms with Crippen LogP contribution in [0.15, 0.2) is 48.5 Å². The van der Waals surface area contributed by atoms with Crippen molar-refractivity contribution < 1.29 is 143 Å². The van der Waals surface area contributed by atoms with Gasteiger partial charge in [-0.05, 0) is 59.7 Å². The molecule has 0 heterocycles. The first kappa shape index (κ1) is 36.8. The number of carbonyl (C=O) groups is 2. The Hall–Kier alpha value is -1.19. The van der Waals surface area contributed by atoms with E-state index in [0.29, 0.717) is 10.8 Å². The Kier molecular flexibility index (Phi) is 15.7. The topological polar surface area (TPSA) is 161 Å². The van der Waals surface area contributed by atoms with Crippen LogP contribution in [0.3, 0.4) is 0 Å². The van der Waals surface area contributed by atoms with Crippen LogP contribution in [-0.4, -0.2) is 32.4 Å². The maximum Gasteiger partial charge on any atom is 1.00 e. The standard InChI is InChI=1S/2C15H16O4.2K/c2*1-2-3-5-9-6-4-7-10-13(9)12(16)8-11(14(10)17)15(18)19;;/h2*4,6-8,16-17H,2-3,5H2,1H3,(H,18,19);;/q;;2*+1/p-2. The van der Waals surface area contributed by atoms with E-state index in [2.05, 4.69) is 13.8 Å². The summed E-state index contributed by atoms with van der Waals surface area (Å²) in [5, 5.41) is 63.5. The number of unbranched alkanes of at least 4 members (excludes halogenated alkanes) is 2. The normalized spacial score (nSPS) is 10.2. The first-order chi connectivity index (χ1) is 18.1. The zero-order valence-electron chi connectivity index (χ0n) is 23.3. The molecule has 4 aromatic rings. The summed E-state index contributed by atoms with van der Waals surface area (Å²) in [7, 11) is 0. The van der Waals surface area contributed by atoms with Gasteiger partial charge >= 0.3 is 115 Å². The summed E-state index contributed by atoms with van der Waals surface area (Å²) < 4.78 is 0. The molecule has 0 saturated carbocycles. The summed E-state index contributed by atoms with van der Waals surface area (Å²) in [6.07, 6.45) is 5.44. The van der Waals surface area contributed by atoms with Gasteiger partial charge in [0.2, 0.25) is 0 Å². The molecule has 0 saturated heterocycles. The zero-order chi connectivity index (χ0) is 28.0. The number of hydrogen-bond acceptors (Lipinski definition) is 6. The minimum absolute atomic E-state index is 0. The number of aromatic carboxylic acids is 2. The molecule has 4 N–H and O–H groups in total. The fourth-order valence-electron chi connectivity index (χ4n) is 4.49. The fourth-order valence-corrected chi connectivity index (χ4v) is 4.49. The van der Waals surface area contributed by atoms with Crippen molar-refractivity contribution in [3.8, 4) is 23.0 Å². The third kappa shape index (κ3) is 8.44. The molecule has 4 rings (SSSR count). The Labute approximate surface area is 317 Å². The number of aryl methyl sites for hydroxylation is 2. The van der Waals surface area contributed by atoms with Crippen molar-refractivity contribution in [2.24, 2.45) is 0 Å². The molecule has 0 atom stereocenters. The number of phenolic OH excluding ortho intramolecular Hbond substituents is 2. The summed E-state index contributed by atoms with van der Waals surface area (Å²) in [5.74, 6) is -4.00. The number of carboxylic acids is 2. The quantitative estimate of drug-likeness (QED) is 0.195. The Balaban J connectivity index is 0.000000381. The van der Waals surface area contributed by atoms with E-state index in [4.69, 9.17) is 10.2 Å². The summed E-state index contributed by atoms with van der Waals surface area (Å²) >= 11 is 0. The minimum atomic E-state index is -1.32. The van der Waals surface area contributed by atoms with E-state index in [9.17, 15) is 30.0 Å². The smallest absolute Gasteiger partial charge is 0.871 e. The molecule has 0 aliphatic heterocycles. The van der Waals surface area contributed by atoms with E-state index in [0.717, 1.165) is 61.8 Å². The van der Waals surface area contributed by atoms with Crippen molar-refractivity contribution in [1.82, 2.24) is 0 Å². The van der Waals surface area contributed by atoms with Crippen LogP contribution in [0.5, 0.6) is 23.0 Å². The van der Waals surface area contributed by atoms with E-state index in [1.54, 1.807) is 24.3 Å². The van der Waals surface area contributed by atoms with Crippen LogP contribution in [0.25, 0.3) is 21.5 Å². The average Bonchev–Trinajstić information content (AvgIpc) is 2.90. The molecule has 0 bridgehead atoms. The second-order valence-electron chi connectivity index (χ2n) is 9.04. The Morgan fingerprint density at radius 2 is 1.02 bits per heavy atom. The zero-order valence-corrected chi connectivity index (χ0v) is 29.5. The van der Waals surface area contributed by atoms with Gasteiger partial charge in [-0.3, -0.25) is 0 Å². The van der Waals surface area contributed by atoms with Crippen molar-refractivity contribution in [3.63, 3.8) is 0 Å². The fraction of sp³-hybridized carbons (Fsp3) is 0.267. The van der Waals surface area contributed by atoms with Gasteiger partial charge in [0.05, 0.1) is 11.1 Å². The second kappa shape index (κ2) is 17.1. The third-order valence-corrected chi connectivity index (χ3v) is 6.41. The number of fused-ring (bicyclic) bond motifs is 2. The minimum Gasteiger partial charge on any atom is -0.871 e. The van der Waals surface area contributed by atoms with E-state index >= 15 is 0 Å². The van der Waals surface area contributed by atoms with Crippen molar-refractivity contribution in [2.45, 2.75) is 52.4 Å². The third-order valence-electron chi connectivity index (χ3n) is 6.41. The largest absolute Gasteiger partial charge is 1.00 e. The Morgan fingerprint density at radius 1 is 0.675 bits per heavy atom. The van der Waals surface area contributed by atoms with Gasteiger partial charge in [0.25, 0.3) is 0 Å². The summed E-state index contributed by atoms with van der Waals surface area (Å²) in [5.41, 5.74) is 0.979. The summed E-state index contributed by atoms with van der Waals surface area (Å²) in [6, 6.07) is 12.4. The van der Waals surface area contributed by atoms with Crippen molar-refractivity contribution in [3.05, 3.63) is 70.8 Å². The Morgan fingerprint density at radius 3 is 1.32 bits per heavy atom. The molecule has 200 valence electrons. The van der Waals surface area contributed by atoms with Crippen LogP contribution in [0.1, 0.15) is 71.4 Å². The number of carboxylic acid groups (broad SMARTS) is 2. The van der Waals surface area contributed by atoms with Gasteiger partial charge in [0.15, 0.2) is 0 Å². The number of phenols is 2. The van der Waals surface area contributed by atoms with E-state index in [-0.39, 0.29) is 125 Å². The predicted molar refractivity (Wildman–Crippen MR) is 141 cm³/mol. The van der Waals surface area contributed by atoms with Crippen molar-refractivity contribution >= 4 is 33.5 Å². The molecule has 0 unspecified atom stereocenters. The molecular weight excluding hydrogens is 567 g/mol. The molecule has 10 heteroatoms. The van der Waals surface area contributed by atoms with E-state index < -0.39 is 34.6 Å². The number of rotatable bonds is 8. The number of aromatic hydroxyl groups is 2. The first-order valence-electron chi connectivity index (χ1n) is 12.5. The SMILES string of the molecule is CCCCc1cccc2c([O-])c(C(=O)O)cc(O)c12.CCCCc1cccc2c([O-])c(C(=O)O)cc(O)c12.[K+].[K+]. The molecule has 4 aromatic carbocycles. The van der Waals surface area contributed by atoms with Crippen LogP contribution in [-0.2, 0) is 12.8 Å². The van der Waals surface area contributed by atoms with Gasteiger partial charge < -0.3 is 30.6 Å². The van der Waals surface area contributed by atoms with Crippen LogP contribution in [0.2, 0.25) is 0 Å². The molecule has 0 spiro atoms. The van der Waals surface area contributed by atoms with Gasteiger partial charge in [-0.2, -0.15) is 0 Å². The Bertz CT molecular complexity index is 1390. The monoisotopic (exact) mass is 596 g/mol. The molecule has 0 amide bonds. The van der Waals surface area contributed by atoms with Crippen LogP contribution < -0.4 is 113 Å². The summed E-state index contributed by atoms with van der Waals surface area (Å²) in [6.45, 7) is 4.12. The average molecular weight is 597 g/mol. The van der Waals surface area contributed by atoms with Crippen molar-refractivity contribution in [2.75, 3.05) is 0 Å². The molecule has 8 nitrogen and oxygen atoms in total. The molecular formula is C30H30K2O8. The van der Waals surface area contributed by atoms with Gasteiger partial charge in [0.1, 0.15) is 11.5 Å². The molecule has 0 radical (unpaired) electrons. The second-order valence-corrected chi connectivity index (χ2v) is 9.04. The first-order valence-corrected chi connectivity index (χ1v) is 12.5. The van der Waals surface area contributed by atoms with Gasteiger partial charge in [-0.1, -0.05) is 74.6 Å². The van der Waals surface area contributed by atoms with E-state index in [1.807, 2.05) is 12.1 Å². The van der Waals surface area contributed by atoms with Gasteiger partial charge in [0, 0.05) is 10.8 Å². The van der Waals surface area contributed by atoms with Crippen LogP contribution in [0, 0.1) is 0 Å². The van der Waals surface area contributed by atoms with Gasteiger partial charge in [-0.25, -0.2) is 9.59 Å². The van der Waals surface area contributed by atoms with Crippen LogP contribution >= 0.6 is 0 Å². The van der Waals surface area contributed by atoms with E-state index in [1.165, 1.54) is 0 Å². The maximum absolute atomic E-state index is 12.1. The maximum atomic E-state index is 12.1. The molecule has 0 aromatic heterocycles. The summed E-state index contributed by atoms with van der Waals surface area (Å²) in [4.78, 5) is 21.9. The van der Waals surface area contributed by atoms with Crippen LogP contribution in [0.4, 0.5) is 0 Å². The molecule has 40 heavy (non-hydrogen) atoms. The molecule has 0 fully saturated rings. The molecule has 0 aliphatic rings. The number of hydrogen-bond donors (Lipinski definition) is 4.